The summed E-state index contributed by atoms with van der Waals surface area (Å²) in [5.41, 5.74) is 2.31. The van der Waals surface area contributed by atoms with Gasteiger partial charge in [-0.05, 0) is 19.4 Å². The van der Waals surface area contributed by atoms with Gasteiger partial charge in [0.15, 0.2) is 0 Å². The van der Waals surface area contributed by atoms with Crippen molar-refractivity contribution in [1.82, 2.24) is 19.9 Å². The summed E-state index contributed by atoms with van der Waals surface area (Å²) in [6.07, 6.45) is 1.90. The molecule has 0 amide bonds. The molecular weight excluding hydrogens is 392 g/mol. The molecule has 1 aliphatic rings. The molecule has 154 valence electrons. The second-order valence-electron chi connectivity index (χ2n) is 7.50. The maximum Gasteiger partial charge on any atom is 0.227 e. The summed E-state index contributed by atoms with van der Waals surface area (Å²) < 4.78 is 1.01. The predicted octanol–water partition coefficient (Wildman–Crippen LogP) is 1.04. The van der Waals surface area contributed by atoms with E-state index in [-0.39, 0.29) is 12.5 Å². The molecule has 0 bridgehead atoms. The number of thiazole rings is 1. The van der Waals surface area contributed by atoms with Gasteiger partial charge in [0, 0.05) is 32.8 Å². The first-order valence-corrected chi connectivity index (χ1v) is 10.2. The number of aromatic nitrogens is 4. The number of hydrogen-bond donors (Lipinski definition) is 4. The quantitative estimate of drug-likeness (QED) is 0.482. The third kappa shape index (κ3) is 3.64. The van der Waals surface area contributed by atoms with Crippen molar-refractivity contribution in [2.75, 3.05) is 30.9 Å². The standard InChI is InChI=1S/C19H24N6O3S/c1-9-14(18-23-12-7-20-5-4-13(12)29-18)17(24-19(21-9)25(2)3)22-11-6-10(8-26)15(27)16(11)28/h4-5,7,10-11,15-16,26-28H,6,8H2,1-3H3,(H,21,22,24)/t10-,11-,15-,16+/m1/s1. The number of hydrogen-bond acceptors (Lipinski definition) is 10. The summed E-state index contributed by atoms with van der Waals surface area (Å²) in [6.45, 7) is 1.72. The number of aliphatic hydroxyl groups is 3. The summed E-state index contributed by atoms with van der Waals surface area (Å²) >= 11 is 1.52. The fourth-order valence-electron chi connectivity index (χ4n) is 3.63. The van der Waals surface area contributed by atoms with E-state index in [2.05, 4.69) is 25.3 Å². The van der Waals surface area contributed by atoms with Gasteiger partial charge in [-0.25, -0.2) is 9.97 Å². The van der Waals surface area contributed by atoms with Gasteiger partial charge >= 0.3 is 0 Å². The highest BCUT2D eigenvalue weighted by Crippen LogP contribution is 2.38. The molecule has 0 unspecified atom stereocenters. The van der Waals surface area contributed by atoms with E-state index in [1.165, 1.54) is 11.3 Å². The second-order valence-corrected chi connectivity index (χ2v) is 8.53. The Morgan fingerprint density at radius 3 is 2.66 bits per heavy atom. The van der Waals surface area contributed by atoms with E-state index in [1.807, 2.05) is 27.1 Å². The van der Waals surface area contributed by atoms with Crippen LogP contribution in [0.15, 0.2) is 18.5 Å². The Morgan fingerprint density at radius 1 is 1.21 bits per heavy atom. The number of aryl methyl sites for hydroxylation is 1. The first-order valence-electron chi connectivity index (χ1n) is 9.39. The third-order valence-corrected chi connectivity index (χ3v) is 6.29. The molecular formula is C19H24N6O3S. The molecule has 4 N–H and O–H groups in total. The average Bonchev–Trinajstić information content (AvgIpc) is 3.23. The van der Waals surface area contributed by atoms with E-state index < -0.39 is 18.2 Å². The first kappa shape index (κ1) is 19.9. The van der Waals surface area contributed by atoms with E-state index in [9.17, 15) is 15.3 Å². The molecule has 9 nitrogen and oxygen atoms in total. The van der Waals surface area contributed by atoms with Gasteiger partial charge in [-0.15, -0.1) is 11.3 Å². The molecule has 1 aliphatic carbocycles. The van der Waals surface area contributed by atoms with Crippen LogP contribution < -0.4 is 10.2 Å². The number of nitrogens with one attached hydrogen (secondary N) is 1. The second kappa shape index (κ2) is 7.79. The molecule has 10 heteroatoms. The lowest BCUT2D eigenvalue weighted by atomic mass is 10.1. The van der Waals surface area contributed by atoms with Gasteiger partial charge < -0.3 is 25.5 Å². The molecule has 3 aromatic heterocycles. The van der Waals surface area contributed by atoms with Crippen molar-refractivity contribution in [3.05, 3.63) is 24.2 Å². The minimum atomic E-state index is -1.00. The molecule has 0 saturated heterocycles. The highest BCUT2D eigenvalue weighted by atomic mass is 32.1. The van der Waals surface area contributed by atoms with Crippen molar-refractivity contribution in [3.63, 3.8) is 0 Å². The Labute approximate surface area is 172 Å². The number of aliphatic hydroxyl groups excluding tert-OH is 3. The Hall–Kier alpha value is -2.40. The van der Waals surface area contributed by atoms with E-state index >= 15 is 0 Å². The summed E-state index contributed by atoms with van der Waals surface area (Å²) in [5, 5.41) is 34.1. The summed E-state index contributed by atoms with van der Waals surface area (Å²) in [6, 6.07) is 1.47. The van der Waals surface area contributed by atoms with Gasteiger partial charge in [0.25, 0.3) is 0 Å². The van der Waals surface area contributed by atoms with Gasteiger partial charge in [-0.1, -0.05) is 0 Å². The van der Waals surface area contributed by atoms with Crippen molar-refractivity contribution in [3.8, 4) is 10.6 Å². The fourth-order valence-corrected chi connectivity index (χ4v) is 4.66. The van der Waals surface area contributed by atoms with E-state index in [4.69, 9.17) is 0 Å². The zero-order valence-corrected chi connectivity index (χ0v) is 17.3. The van der Waals surface area contributed by atoms with Gasteiger partial charge in [-0.2, -0.15) is 4.98 Å². The van der Waals surface area contributed by atoms with Crippen LogP contribution in [0.5, 0.6) is 0 Å². The van der Waals surface area contributed by atoms with Crippen molar-refractivity contribution in [1.29, 1.82) is 0 Å². The Kier molecular flexibility index (Phi) is 5.34. The lowest BCUT2D eigenvalue weighted by Crippen LogP contribution is -2.36. The largest absolute Gasteiger partial charge is 0.396 e. The third-order valence-electron chi connectivity index (χ3n) is 5.24. The van der Waals surface area contributed by atoms with Crippen LogP contribution in [-0.2, 0) is 0 Å². The topological polar surface area (TPSA) is 128 Å². The molecule has 0 aliphatic heterocycles. The maximum atomic E-state index is 10.4. The van der Waals surface area contributed by atoms with Crippen LogP contribution in [0.3, 0.4) is 0 Å². The van der Waals surface area contributed by atoms with Gasteiger partial charge in [0.1, 0.15) is 22.4 Å². The van der Waals surface area contributed by atoms with Crippen LogP contribution in [0.1, 0.15) is 12.1 Å². The number of anilines is 2. The fraction of sp³-hybridized carbons (Fsp3) is 0.474. The molecule has 0 aromatic carbocycles. The van der Waals surface area contributed by atoms with Crippen LogP contribution in [0, 0.1) is 12.8 Å². The SMILES string of the molecule is Cc1nc(N(C)C)nc(N[C@@H]2C[C@H](CO)[C@@H](O)[C@H]2O)c1-c1nc2cnccc2s1. The summed E-state index contributed by atoms with van der Waals surface area (Å²) in [5.74, 6) is 0.696. The smallest absolute Gasteiger partial charge is 0.227 e. The number of rotatable bonds is 5. The van der Waals surface area contributed by atoms with Gasteiger partial charge in [-0.3, -0.25) is 4.98 Å². The number of pyridine rings is 1. The van der Waals surface area contributed by atoms with E-state index in [0.717, 1.165) is 26.5 Å². The molecule has 3 aromatic rings. The summed E-state index contributed by atoms with van der Waals surface area (Å²) in [4.78, 5) is 19.9. The highest BCUT2D eigenvalue weighted by molar-refractivity contribution is 7.21. The molecule has 1 saturated carbocycles. The van der Waals surface area contributed by atoms with Crippen LogP contribution in [-0.4, -0.2) is 74.2 Å². The van der Waals surface area contributed by atoms with Crippen LogP contribution in [0.4, 0.5) is 11.8 Å². The summed E-state index contributed by atoms with van der Waals surface area (Å²) in [7, 11) is 3.72. The Morgan fingerprint density at radius 2 is 2.00 bits per heavy atom. The van der Waals surface area contributed by atoms with Crippen LogP contribution >= 0.6 is 11.3 Å². The molecule has 0 radical (unpaired) electrons. The predicted molar refractivity (Wildman–Crippen MR) is 112 cm³/mol. The maximum absolute atomic E-state index is 10.4. The molecule has 1 fully saturated rings. The molecule has 4 atom stereocenters. The first-order chi connectivity index (χ1) is 13.9. The molecule has 0 spiro atoms. The lowest BCUT2D eigenvalue weighted by Gasteiger charge is -2.22. The van der Waals surface area contributed by atoms with Crippen molar-refractivity contribution in [2.45, 2.75) is 31.6 Å². The lowest BCUT2D eigenvalue weighted by molar-refractivity contribution is 0.00446. The Balaban J connectivity index is 1.79. The molecule has 3 heterocycles. The highest BCUT2D eigenvalue weighted by Gasteiger charge is 2.41. The van der Waals surface area contributed by atoms with Crippen LogP contribution in [0.2, 0.25) is 0 Å². The minimum absolute atomic E-state index is 0.181. The number of nitrogens with zero attached hydrogens (tertiary/aromatic N) is 5. The molecule has 29 heavy (non-hydrogen) atoms. The van der Waals surface area contributed by atoms with Gasteiger partial charge in [0.05, 0.1) is 34.3 Å². The zero-order valence-electron chi connectivity index (χ0n) is 16.4. The van der Waals surface area contributed by atoms with E-state index in [0.29, 0.717) is 18.2 Å². The van der Waals surface area contributed by atoms with E-state index in [1.54, 1.807) is 17.3 Å². The number of fused-ring (bicyclic) bond motifs is 1. The average molecular weight is 417 g/mol. The zero-order chi connectivity index (χ0) is 20.7. The van der Waals surface area contributed by atoms with Gasteiger partial charge in [0.2, 0.25) is 5.95 Å². The normalized spacial score (nSPS) is 24.2. The minimum Gasteiger partial charge on any atom is -0.396 e. The van der Waals surface area contributed by atoms with Crippen molar-refractivity contribution < 1.29 is 15.3 Å². The monoisotopic (exact) mass is 416 g/mol. The Bertz CT molecular complexity index is 993. The van der Waals surface area contributed by atoms with Crippen molar-refractivity contribution >= 4 is 33.3 Å². The molecule has 4 rings (SSSR count). The van der Waals surface area contributed by atoms with Crippen LogP contribution in [0.25, 0.3) is 20.8 Å². The van der Waals surface area contributed by atoms with Crippen molar-refractivity contribution in [2.24, 2.45) is 5.92 Å².